The van der Waals surface area contributed by atoms with Crippen LogP contribution in [0.1, 0.15) is 84.3 Å². The molecule has 0 radical (unpaired) electrons. The number of likely N-dealkylation sites (tertiary alicyclic amines) is 1. The average Bonchev–Trinajstić information content (AvgIpc) is 3.31. The van der Waals surface area contributed by atoms with Gasteiger partial charge in [0.2, 0.25) is 0 Å². The van der Waals surface area contributed by atoms with Gasteiger partial charge < -0.3 is 18.9 Å². The minimum Gasteiger partial charge on any atom is -0.444 e. The normalized spacial score (nSPS) is 23.8. The van der Waals surface area contributed by atoms with Crippen molar-refractivity contribution in [1.29, 1.82) is 0 Å². The molecule has 2 saturated heterocycles. The first-order valence-corrected chi connectivity index (χ1v) is 10.8. The van der Waals surface area contributed by atoms with Gasteiger partial charge >= 0.3 is 13.2 Å². The van der Waals surface area contributed by atoms with E-state index < -0.39 is 5.60 Å². The fourth-order valence-corrected chi connectivity index (χ4v) is 3.99. The molecule has 3 aliphatic rings. The van der Waals surface area contributed by atoms with E-state index in [9.17, 15) is 4.79 Å². The highest BCUT2D eigenvalue weighted by molar-refractivity contribution is 6.62. The van der Waals surface area contributed by atoms with E-state index in [4.69, 9.17) is 14.0 Å². The third kappa shape index (κ3) is 4.06. The zero-order chi connectivity index (χ0) is 21.2. The standard InChI is InChI=1S/C23H34BNO4/c1-21(2,3)27-20(26)25-13-16(14-25)19-12-17(10-11-18(19)15-8-9-15)24-28-22(4,5)23(6,7)29-24/h10-12,15-16H,8-9,13-14H2,1-7H3. The Balaban J connectivity index is 1.52. The van der Waals surface area contributed by atoms with Gasteiger partial charge in [0, 0.05) is 19.0 Å². The maximum Gasteiger partial charge on any atom is 0.494 e. The summed E-state index contributed by atoms with van der Waals surface area (Å²) in [6, 6.07) is 6.67. The number of carbonyl (C=O) groups is 1. The molecule has 6 heteroatoms. The Hall–Kier alpha value is -1.53. The van der Waals surface area contributed by atoms with E-state index in [0.717, 1.165) is 5.46 Å². The number of hydrogen-bond acceptors (Lipinski definition) is 4. The second-order valence-electron chi connectivity index (χ2n) is 10.8. The molecule has 1 aromatic carbocycles. The molecule has 1 aliphatic carbocycles. The van der Waals surface area contributed by atoms with Gasteiger partial charge in [-0.15, -0.1) is 0 Å². The van der Waals surface area contributed by atoms with Crippen LogP contribution in [0.3, 0.4) is 0 Å². The highest BCUT2D eigenvalue weighted by atomic mass is 16.7. The van der Waals surface area contributed by atoms with Gasteiger partial charge in [-0.2, -0.15) is 0 Å². The van der Waals surface area contributed by atoms with Gasteiger partial charge in [0.1, 0.15) is 5.60 Å². The van der Waals surface area contributed by atoms with Crippen molar-refractivity contribution in [2.75, 3.05) is 13.1 Å². The van der Waals surface area contributed by atoms with Crippen LogP contribution in [0.25, 0.3) is 0 Å². The molecule has 0 atom stereocenters. The third-order valence-electron chi connectivity index (χ3n) is 6.63. The highest BCUT2D eigenvalue weighted by Gasteiger charge is 2.52. The van der Waals surface area contributed by atoms with E-state index in [1.807, 2.05) is 20.8 Å². The third-order valence-corrected chi connectivity index (χ3v) is 6.63. The van der Waals surface area contributed by atoms with E-state index in [0.29, 0.717) is 24.9 Å². The zero-order valence-electron chi connectivity index (χ0n) is 18.9. The second kappa shape index (κ2) is 6.74. The van der Waals surface area contributed by atoms with Crippen molar-refractivity contribution in [3.8, 4) is 0 Å². The van der Waals surface area contributed by atoms with Crippen LogP contribution in [-0.4, -0.2) is 48.0 Å². The summed E-state index contributed by atoms with van der Waals surface area (Å²) >= 11 is 0. The van der Waals surface area contributed by atoms with Crippen LogP contribution in [0.2, 0.25) is 0 Å². The fourth-order valence-electron chi connectivity index (χ4n) is 3.99. The minimum absolute atomic E-state index is 0.219. The van der Waals surface area contributed by atoms with Crippen molar-refractivity contribution in [1.82, 2.24) is 4.90 Å². The van der Waals surface area contributed by atoms with Crippen molar-refractivity contribution in [3.63, 3.8) is 0 Å². The predicted molar refractivity (Wildman–Crippen MR) is 115 cm³/mol. The number of amides is 1. The number of nitrogens with zero attached hydrogens (tertiary/aromatic N) is 1. The van der Waals surface area contributed by atoms with Crippen molar-refractivity contribution in [2.24, 2.45) is 0 Å². The van der Waals surface area contributed by atoms with E-state index in [-0.39, 0.29) is 24.4 Å². The lowest BCUT2D eigenvalue weighted by Crippen LogP contribution is -2.50. The molecule has 1 saturated carbocycles. The molecule has 0 bridgehead atoms. The van der Waals surface area contributed by atoms with Gasteiger partial charge in [-0.25, -0.2) is 4.79 Å². The lowest BCUT2D eigenvalue weighted by Gasteiger charge is -2.41. The van der Waals surface area contributed by atoms with Crippen molar-refractivity contribution in [2.45, 2.75) is 89.9 Å². The predicted octanol–water partition coefficient (Wildman–Crippen LogP) is 4.20. The fraction of sp³-hybridized carbons (Fsp3) is 0.696. The molecule has 0 spiro atoms. The molecule has 0 N–H and O–H groups in total. The second-order valence-corrected chi connectivity index (χ2v) is 10.8. The number of rotatable bonds is 3. The largest absolute Gasteiger partial charge is 0.494 e. The molecule has 2 aliphatic heterocycles. The molecule has 0 aromatic heterocycles. The maximum absolute atomic E-state index is 12.3. The van der Waals surface area contributed by atoms with Gasteiger partial charge in [0.25, 0.3) is 0 Å². The van der Waals surface area contributed by atoms with Gasteiger partial charge in [-0.3, -0.25) is 0 Å². The summed E-state index contributed by atoms with van der Waals surface area (Å²) in [6.07, 6.45) is 2.29. The van der Waals surface area contributed by atoms with Gasteiger partial charge in [-0.1, -0.05) is 18.2 Å². The summed E-state index contributed by atoms with van der Waals surface area (Å²) in [4.78, 5) is 14.1. The van der Waals surface area contributed by atoms with Crippen molar-refractivity contribution in [3.05, 3.63) is 29.3 Å². The summed E-state index contributed by atoms with van der Waals surface area (Å²) in [5, 5.41) is 0. The number of carbonyl (C=O) groups excluding carboxylic acids is 1. The lowest BCUT2D eigenvalue weighted by molar-refractivity contribution is 0.00578. The summed E-state index contributed by atoms with van der Waals surface area (Å²) < 4.78 is 18.0. The molecule has 1 amide bonds. The quantitative estimate of drug-likeness (QED) is 0.715. The van der Waals surface area contributed by atoms with Crippen molar-refractivity contribution < 1.29 is 18.8 Å². The van der Waals surface area contributed by atoms with Crippen LogP contribution in [-0.2, 0) is 14.0 Å². The van der Waals surface area contributed by atoms with Crippen LogP contribution >= 0.6 is 0 Å². The number of hydrogen-bond donors (Lipinski definition) is 0. The van der Waals surface area contributed by atoms with E-state index in [1.54, 1.807) is 4.90 Å². The number of ether oxygens (including phenoxy) is 1. The Kier molecular flexibility index (Phi) is 4.82. The molecule has 4 rings (SSSR count). The zero-order valence-corrected chi connectivity index (χ0v) is 18.9. The maximum atomic E-state index is 12.3. The van der Waals surface area contributed by atoms with Crippen LogP contribution < -0.4 is 5.46 Å². The first-order chi connectivity index (χ1) is 13.4. The van der Waals surface area contributed by atoms with E-state index >= 15 is 0 Å². The molecule has 0 unspecified atom stereocenters. The van der Waals surface area contributed by atoms with Crippen LogP contribution in [0, 0.1) is 0 Å². The lowest BCUT2D eigenvalue weighted by atomic mass is 9.75. The highest BCUT2D eigenvalue weighted by Crippen LogP contribution is 2.45. The Morgan fingerprint density at radius 1 is 1.03 bits per heavy atom. The van der Waals surface area contributed by atoms with Gasteiger partial charge in [0.15, 0.2) is 0 Å². The topological polar surface area (TPSA) is 48.0 Å². The average molecular weight is 399 g/mol. The Morgan fingerprint density at radius 2 is 1.62 bits per heavy atom. The monoisotopic (exact) mass is 399 g/mol. The first-order valence-electron chi connectivity index (χ1n) is 10.8. The Morgan fingerprint density at radius 3 is 2.14 bits per heavy atom. The van der Waals surface area contributed by atoms with Gasteiger partial charge in [0.05, 0.1) is 11.2 Å². The molecular weight excluding hydrogens is 365 g/mol. The first kappa shape index (κ1) is 20.7. The smallest absolute Gasteiger partial charge is 0.444 e. The molecule has 29 heavy (non-hydrogen) atoms. The van der Waals surface area contributed by atoms with E-state index in [1.165, 1.54) is 24.0 Å². The summed E-state index contributed by atoms with van der Waals surface area (Å²) in [7, 11) is -0.353. The van der Waals surface area contributed by atoms with E-state index in [2.05, 4.69) is 45.9 Å². The molecule has 5 nitrogen and oxygen atoms in total. The summed E-state index contributed by atoms with van der Waals surface area (Å²) in [6.45, 7) is 15.5. The number of benzene rings is 1. The van der Waals surface area contributed by atoms with Crippen LogP contribution in [0.5, 0.6) is 0 Å². The summed E-state index contributed by atoms with van der Waals surface area (Å²) in [5.41, 5.74) is 2.68. The Bertz CT molecular complexity index is 788. The van der Waals surface area contributed by atoms with Crippen molar-refractivity contribution >= 4 is 18.7 Å². The van der Waals surface area contributed by atoms with Crippen LogP contribution in [0.15, 0.2) is 18.2 Å². The SMILES string of the molecule is CC(C)(C)OC(=O)N1CC(c2cc(B3OC(C)(C)C(C)(C)O3)ccc2C2CC2)C1. The molecule has 1 aromatic rings. The molecule has 158 valence electrons. The molecule has 2 heterocycles. The molecule has 3 fully saturated rings. The minimum atomic E-state index is -0.460. The summed E-state index contributed by atoms with van der Waals surface area (Å²) in [5.74, 6) is 1.01. The molecular formula is C23H34BNO4. The Labute approximate surface area is 175 Å². The van der Waals surface area contributed by atoms with Crippen LogP contribution in [0.4, 0.5) is 4.79 Å². The van der Waals surface area contributed by atoms with Gasteiger partial charge in [-0.05, 0) is 83.8 Å².